The van der Waals surface area contributed by atoms with Crippen LogP contribution in [0.5, 0.6) is 0 Å². The van der Waals surface area contributed by atoms with Crippen LogP contribution in [0, 0.1) is 0 Å². The monoisotopic (exact) mass is 646 g/mol. The number of aryl methyl sites for hydroxylation is 1. The Morgan fingerprint density at radius 2 is 1.77 bits per heavy atom. The van der Waals surface area contributed by atoms with E-state index in [0.29, 0.717) is 30.4 Å². The van der Waals surface area contributed by atoms with Crippen LogP contribution in [0.15, 0.2) is 35.4 Å². The highest BCUT2D eigenvalue weighted by Gasteiger charge is 2.42. The molecule has 2 bridgehead atoms. The zero-order valence-electron chi connectivity index (χ0n) is 24.4. The number of carbonyl (C=O) groups is 1. The molecule has 9 nitrogen and oxygen atoms in total. The predicted molar refractivity (Wildman–Crippen MR) is 162 cm³/mol. The van der Waals surface area contributed by atoms with Crippen LogP contribution in [-0.2, 0) is 22.4 Å². The molecule has 0 spiro atoms. The summed E-state index contributed by atoms with van der Waals surface area (Å²) in [6.45, 7) is 4.00. The van der Waals surface area contributed by atoms with Gasteiger partial charge in [-0.3, -0.25) is 9.69 Å². The van der Waals surface area contributed by atoms with E-state index in [-0.39, 0.29) is 38.9 Å². The van der Waals surface area contributed by atoms with E-state index >= 15 is 0 Å². The van der Waals surface area contributed by atoms with Crippen molar-refractivity contribution < 1.29 is 26.4 Å². The van der Waals surface area contributed by atoms with E-state index in [0.717, 1.165) is 48.5 Å². The topological polar surface area (TPSA) is 98.7 Å². The average molecular weight is 647 g/mol. The molecule has 0 unspecified atom stereocenters. The van der Waals surface area contributed by atoms with E-state index in [1.807, 2.05) is 19.1 Å². The fourth-order valence-electron chi connectivity index (χ4n) is 6.64. The molecular weight excluding hydrogens is 613 g/mol. The first kappa shape index (κ1) is 29.5. The lowest BCUT2D eigenvalue weighted by molar-refractivity contribution is -0.137. The van der Waals surface area contributed by atoms with Gasteiger partial charge in [-0.2, -0.15) is 13.2 Å². The van der Waals surface area contributed by atoms with E-state index in [2.05, 4.69) is 38.2 Å². The van der Waals surface area contributed by atoms with Crippen LogP contribution in [0.3, 0.4) is 0 Å². The number of aromatic nitrogens is 2. The second-order valence-electron chi connectivity index (χ2n) is 12.1. The smallest absolute Gasteiger partial charge is 0.368 e. The van der Waals surface area contributed by atoms with Gasteiger partial charge in [0.1, 0.15) is 10.4 Å². The third kappa shape index (κ3) is 5.24. The molecule has 1 aromatic carbocycles. The van der Waals surface area contributed by atoms with E-state index in [9.17, 15) is 26.4 Å². The molecule has 234 valence electrons. The van der Waals surface area contributed by atoms with Crippen molar-refractivity contribution in [1.82, 2.24) is 19.8 Å². The molecule has 2 saturated heterocycles. The van der Waals surface area contributed by atoms with E-state index in [1.54, 1.807) is 0 Å². The summed E-state index contributed by atoms with van der Waals surface area (Å²) >= 11 is 0.740. The van der Waals surface area contributed by atoms with Gasteiger partial charge in [0, 0.05) is 55.3 Å². The number of carbonyl (C=O) groups excluding carboxylic acids is 1. The molecule has 1 saturated carbocycles. The van der Waals surface area contributed by atoms with Gasteiger partial charge in [0.25, 0.3) is 5.91 Å². The minimum absolute atomic E-state index is 0.0275. The Bertz CT molecular complexity index is 1730. The van der Waals surface area contributed by atoms with Gasteiger partial charge in [-0.15, -0.1) is 11.3 Å². The number of rotatable bonds is 6. The maximum absolute atomic E-state index is 14.2. The Balaban J connectivity index is 1.22. The van der Waals surface area contributed by atoms with Crippen molar-refractivity contribution in [2.75, 3.05) is 42.7 Å². The second kappa shape index (κ2) is 10.7. The number of alkyl halides is 3. The number of amides is 1. The van der Waals surface area contributed by atoms with E-state index in [4.69, 9.17) is 0 Å². The van der Waals surface area contributed by atoms with Crippen LogP contribution in [0.25, 0.3) is 10.6 Å². The minimum Gasteiger partial charge on any atom is -0.368 e. The van der Waals surface area contributed by atoms with Crippen LogP contribution in [-0.4, -0.2) is 84.7 Å². The summed E-state index contributed by atoms with van der Waals surface area (Å²) in [7, 11) is -1.68. The summed E-state index contributed by atoms with van der Waals surface area (Å²) in [5.41, 5.74) is 1.20. The van der Waals surface area contributed by atoms with Gasteiger partial charge in [-0.1, -0.05) is 6.92 Å². The molecular formula is C30H33F3N6O3S2. The first-order chi connectivity index (χ1) is 20.9. The standard InChI is InChI=1S/C30H33F3N6O3S2/c1-3-17-12-19(38-15-20-6-7-21(16-38)37(20)2)8-9-23(17)35-29-34-14-22(30(31,32)33)26(36-29)24-13-25-27(43-24)28(40)39(18-4-5-18)10-11-44(25,41)42/h8-9,12-14,18,20-21H,3-7,10-11,15-16H2,1-2H3,(H,34,35,36)/t20-,21+. The molecule has 44 heavy (non-hydrogen) atoms. The Morgan fingerprint density at radius 1 is 1.07 bits per heavy atom. The number of likely N-dealkylation sites (N-methyl/N-ethyl adjacent to an activating group) is 1. The van der Waals surface area contributed by atoms with Crippen LogP contribution >= 0.6 is 11.3 Å². The fraction of sp³-hybridized carbons (Fsp3) is 0.500. The first-order valence-corrected chi connectivity index (χ1v) is 17.4. The molecule has 2 atom stereocenters. The lowest BCUT2D eigenvalue weighted by Crippen LogP contribution is -2.52. The minimum atomic E-state index is -4.80. The Hall–Kier alpha value is -3.23. The number of nitrogens with zero attached hydrogens (tertiary/aromatic N) is 5. The molecule has 3 aliphatic heterocycles. The van der Waals surface area contributed by atoms with Crippen LogP contribution in [0.2, 0.25) is 0 Å². The Morgan fingerprint density at radius 3 is 2.43 bits per heavy atom. The van der Waals surface area contributed by atoms with E-state index in [1.165, 1.54) is 23.8 Å². The van der Waals surface area contributed by atoms with Crippen molar-refractivity contribution in [3.63, 3.8) is 0 Å². The molecule has 1 aliphatic carbocycles. The van der Waals surface area contributed by atoms with E-state index < -0.39 is 33.2 Å². The lowest BCUT2D eigenvalue weighted by Gasteiger charge is -2.40. The molecule has 0 radical (unpaired) electrons. The number of anilines is 3. The molecule has 3 aromatic rings. The van der Waals surface area contributed by atoms with Gasteiger partial charge in [0.15, 0.2) is 9.84 Å². The number of thiophene rings is 1. The molecule has 4 aliphatic rings. The van der Waals surface area contributed by atoms with Crippen LogP contribution in [0.1, 0.15) is 53.4 Å². The molecule has 1 N–H and O–H groups in total. The third-order valence-electron chi connectivity index (χ3n) is 9.33. The molecule has 1 amide bonds. The normalized spacial score (nSPS) is 23.5. The maximum Gasteiger partial charge on any atom is 0.420 e. The number of benzene rings is 1. The highest BCUT2D eigenvalue weighted by atomic mass is 32.2. The number of hydrogen-bond donors (Lipinski definition) is 1. The van der Waals surface area contributed by atoms with Crippen molar-refractivity contribution >= 4 is 44.4 Å². The number of nitrogens with one attached hydrogen (secondary N) is 1. The number of sulfone groups is 1. The van der Waals surface area contributed by atoms with Crippen molar-refractivity contribution in [3.8, 4) is 10.6 Å². The van der Waals surface area contributed by atoms with Gasteiger partial charge in [0.05, 0.1) is 21.2 Å². The number of halogens is 3. The number of hydrogen-bond acceptors (Lipinski definition) is 9. The lowest BCUT2D eigenvalue weighted by atomic mass is 10.1. The Kier molecular flexibility index (Phi) is 7.16. The van der Waals surface area contributed by atoms with Crippen LogP contribution in [0.4, 0.5) is 30.5 Å². The van der Waals surface area contributed by atoms with Crippen LogP contribution < -0.4 is 10.2 Å². The van der Waals surface area contributed by atoms with Crippen molar-refractivity contribution in [2.45, 2.75) is 68.2 Å². The Labute approximate surface area is 258 Å². The summed E-state index contributed by atoms with van der Waals surface area (Å²) in [5, 5.41) is 3.10. The summed E-state index contributed by atoms with van der Waals surface area (Å²) in [6.07, 6.45) is 0.554. The SMILES string of the molecule is CCc1cc(N2C[C@H]3CC[C@@H](C2)N3C)ccc1Nc1ncc(C(F)(F)F)c(-c2cc3c(s2)C(=O)N(C2CC2)CCS3(=O)=O)n1. The quantitative estimate of drug-likeness (QED) is 0.390. The maximum atomic E-state index is 14.2. The summed E-state index contributed by atoms with van der Waals surface area (Å²) in [5.74, 6) is -0.779. The molecule has 14 heteroatoms. The second-order valence-corrected chi connectivity index (χ2v) is 15.2. The van der Waals surface area contributed by atoms with Gasteiger partial charge in [-0.05, 0) is 69.0 Å². The largest absolute Gasteiger partial charge is 0.420 e. The fourth-order valence-corrected chi connectivity index (χ4v) is 9.56. The summed E-state index contributed by atoms with van der Waals surface area (Å²) in [4.78, 5) is 27.6. The zero-order valence-corrected chi connectivity index (χ0v) is 26.0. The van der Waals surface area contributed by atoms with Crippen molar-refractivity contribution in [1.29, 1.82) is 0 Å². The molecule has 2 aromatic heterocycles. The molecule has 3 fully saturated rings. The summed E-state index contributed by atoms with van der Waals surface area (Å²) in [6, 6.07) is 8.22. The van der Waals surface area contributed by atoms with Crippen molar-refractivity contribution in [3.05, 3.63) is 46.5 Å². The van der Waals surface area contributed by atoms with Gasteiger partial charge >= 0.3 is 6.18 Å². The molecule has 7 rings (SSSR count). The molecule has 5 heterocycles. The highest BCUT2D eigenvalue weighted by Crippen LogP contribution is 2.43. The number of piperazine rings is 1. The van der Waals surface area contributed by atoms with Gasteiger partial charge in [-0.25, -0.2) is 18.4 Å². The average Bonchev–Trinajstić information content (AvgIpc) is 3.69. The highest BCUT2D eigenvalue weighted by molar-refractivity contribution is 7.91. The summed E-state index contributed by atoms with van der Waals surface area (Å²) < 4.78 is 68.7. The zero-order chi connectivity index (χ0) is 31.0. The number of fused-ring (bicyclic) bond motifs is 3. The predicted octanol–water partition coefficient (Wildman–Crippen LogP) is 5.20. The van der Waals surface area contributed by atoms with Gasteiger partial charge < -0.3 is 15.1 Å². The van der Waals surface area contributed by atoms with Gasteiger partial charge in [0.2, 0.25) is 5.95 Å². The van der Waals surface area contributed by atoms with Crippen molar-refractivity contribution in [2.24, 2.45) is 0 Å². The first-order valence-electron chi connectivity index (χ1n) is 14.9. The third-order valence-corrected chi connectivity index (χ3v) is 12.3.